The highest BCUT2D eigenvalue weighted by Gasteiger charge is 2.19. The van der Waals surface area contributed by atoms with E-state index in [1.807, 2.05) is 55.5 Å². The van der Waals surface area contributed by atoms with Gasteiger partial charge in [0, 0.05) is 10.2 Å². The van der Waals surface area contributed by atoms with Gasteiger partial charge in [0.2, 0.25) is 0 Å². The van der Waals surface area contributed by atoms with Crippen LogP contribution in [0.1, 0.15) is 17.2 Å². The van der Waals surface area contributed by atoms with Crippen molar-refractivity contribution in [2.75, 3.05) is 5.32 Å². The van der Waals surface area contributed by atoms with Gasteiger partial charge in [0.05, 0.1) is 0 Å². The third kappa shape index (κ3) is 3.58. The van der Waals surface area contributed by atoms with Crippen molar-refractivity contribution < 1.29 is 9.90 Å². The van der Waals surface area contributed by atoms with E-state index in [0.717, 1.165) is 21.3 Å². The summed E-state index contributed by atoms with van der Waals surface area (Å²) in [5, 5.41) is 12.4. The number of aliphatic carboxylic acids is 1. The Labute approximate surface area is 120 Å². The van der Waals surface area contributed by atoms with Crippen LogP contribution in [0.3, 0.4) is 0 Å². The average Bonchev–Trinajstić information content (AvgIpc) is 2.35. The molecule has 1 atom stereocenters. The minimum atomic E-state index is -0.898. The maximum atomic E-state index is 11.4. The Morgan fingerprint density at radius 3 is 2.58 bits per heavy atom. The molecule has 98 valence electrons. The van der Waals surface area contributed by atoms with Gasteiger partial charge in [-0.2, -0.15) is 0 Å². The fraction of sp³-hybridized carbons (Fsp3) is 0.133. The molecule has 0 bridgehead atoms. The van der Waals surface area contributed by atoms with Crippen LogP contribution in [0.15, 0.2) is 53.0 Å². The lowest BCUT2D eigenvalue weighted by Crippen LogP contribution is -2.20. The molecule has 19 heavy (non-hydrogen) atoms. The lowest BCUT2D eigenvalue weighted by atomic mass is 10.0. The molecule has 2 aromatic carbocycles. The zero-order valence-electron chi connectivity index (χ0n) is 10.4. The van der Waals surface area contributed by atoms with Crippen LogP contribution >= 0.6 is 15.9 Å². The SMILES string of the molecule is Cc1cccc(C(Nc2cccc(Br)c2)C(=O)O)c1. The highest BCUT2D eigenvalue weighted by atomic mass is 79.9. The third-order valence-electron chi connectivity index (χ3n) is 2.76. The van der Waals surface area contributed by atoms with Crippen LogP contribution < -0.4 is 5.32 Å². The van der Waals surface area contributed by atoms with Crippen LogP contribution in [0.25, 0.3) is 0 Å². The average molecular weight is 320 g/mol. The molecule has 0 heterocycles. The minimum Gasteiger partial charge on any atom is -0.479 e. The Balaban J connectivity index is 2.29. The molecule has 0 amide bonds. The summed E-state index contributed by atoms with van der Waals surface area (Å²) in [6, 6.07) is 14.2. The zero-order valence-corrected chi connectivity index (χ0v) is 12.0. The van der Waals surface area contributed by atoms with E-state index in [1.165, 1.54) is 0 Å². The molecule has 2 N–H and O–H groups in total. The summed E-state index contributed by atoms with van der Waals surface area (Å²) >= 11 is 3.37. The first-order valence-electron chi connectivity index (χ1n) is 5.88. The lowest BCUT2D eigenvalue weighted by molar-refractivity contribution is -0.138. The van der Waals surface area contributed by atoms with E-state index < -0.39 is 12.0 Å². The number of anilines is 1. The van der Waals surface area contributed by atoms with Crippen molar-refractivity contribution >= 4 is 27.6 Å². The van der Waals surface area contributed by atoms with E-state index in [2.05, 4.69) is 21.2 Å². The summed E-state index contributed by atoms with van der Waals surface area (Å²) in [7, 11) is 0. The molecule has 0 spiro atoms. The van der Waals surface area contributed by atoms with Gasteiger partial charge in [-0.1, -0.05) is 51.8 Å². The molecule has 0 saturated heterocycles. The van der Waals surface area contributed by atoms with Crippen molar-refractivity contribution in [1.29, 1.82) is 0 Å². The van der Waals surface area contributed by atoms with Crippen LogP contribution in [-0.4, -0.2) is 11.1 Å². The van der Waals surface area contributed by atoms with Crippen molar-refractivity contribution in [2.45, 2.75) is 13.0 Å². The molecule has 1 unspecified atom stereocenters. The zero-order chi connectivity index (χ0) is 13.8. The Hall–Kier alpha value is -1.81. The second-order valence-corrected chi connectivity index (χ2v) is 5.26. The van der Waals surface area contributed by atoms with Crippen LogP contribution in [-0.2, 0) is 4.79 Å². The second kappa shape index (κ2) is 5.89. The van der Waals surface area contributed by atoms with Crippen molar-refractivity contribution in [3.05, 3.63) is 64.1 Å². The van der Waals surface area contributed by atoms with Crippen LogP contribution in [0.5, 0.6) is 0 Å². The number of hydrogen-bond donors (Lipinski definition) is 2. The maximum Gasteiger partial charge on any atom is 0.330 e. The largest absolute Gasteiger partial charge is 0.479 e. The van der Waals surface area contributed by atoms with Gasteiger partial charge in [-0.25, -0.2) is 4.79 Å². The summed E-state index contributed by atoms with van der Waals surface area (Å²) in [5.74, 6) is -0.898. The Bertz CT molecular complexity index is 598. The van der Waals surface area contributed by atoms with Gasteiger partial charge in [0.25, 0.3) is 0 Å². The van der Waals surface area contributed by atoms with E-state index in [0.29, 0.717) is 0 Å². The first kappa shape index (κ1) is 13.6. The van der Waals surface area contributed by atoms with E-state index >= 15 is 0 Å². The lowest BCUT2D eigenvalue weighted by Gasteiger charge is -2.16. The fourth-order valence-corrected chi connectivity index (χ4v) is 2.28. The molecule has 0 aromatic heterocycles. The van der Waals surface area contributed by atoms with E-state index in [4.69, 9.17) is 0 Å². The van der Waals surface area contributed by atoms with Gasteiger partial charge >= 0.3 is 5.97 Å². The number of halogens is 1. The molecule has 0 radical (unpaired) electrons. The molecule has 0 aliphatic heterocycles. The summed E-state index contributed by atoms with van der Waals surface area (Å²) in [4.78, 5) is 11.4. The van der Waals surface area contributed by atoms with Crippen LogP contribution in [0.4, 0.5) is 5.69 Å². The Morgan fingerprint density at radius 1 is 1.21 bits per heavy atom. The number of rotatable bonds is 4. The quantitative estimate of drug-likeness (QED) is 0.895. The molecule has 4 heteroatoms. The maximum absolute atomic E-state index is 11.4. The highest BCUT2D eigenvalue weighted by Crippen LogP contribution is 2.23. The van der Waals surface area contributed by atoms with Crippen LogP contribution in [0.2, 0.25) is 0 Å². The van der Waals surface area contributed by atoms with Crippen molar-refractivity contribution in [3.63, 3.8) is 0 Å². The van der Waals surface area contributed by atoms with Gasteiger partial charge < -0.3 is 10.4 Å². The number of benzene rings is 2. The number of carboxylic acid groups (broad SMARTS) is 1. The predicted octanol–water partition coefficient (Wildman–Crippen LogP) is 4.00. The number of nitrogens with one attached hydrogen (secondary N) is 1. The number of carbonyl (C=O) groups is 1. The van der Waals surface area contributed by atoms with E-state index in [1.54, 1.807) is 0 Å². The summed E-state index contributed by atoms with van der Waals surface area (Å²) in [6.07, 6.45) is 0. The molecule has 0 aliphatic rings. The van der Waals surface area contributed by atoms with E-state index in [-0.39, 0.29) is 0 Å². The van der Waals surface area contributed by atoms with Gasteiger partial charge in [-0.3, -0.25) is 0 Å². The standard InChI is InChI=1S/C15H14BrNO2/c1-10-4-2-5-11(8-10)14(15(18)19)17-13-7-3-6-12(16)9-13/h2-9,14,17H,1H3,(H,18,19). The summed E-state index contributed by atoms with van der Waals surface area (Å²) in [6.45, 7) is 1.95. The molecule has 0 aliphatic carbocycles. The third-order valence-corrected chi connectivity index (χ3v) is 3.25. The van der Waals surface area contributed by atoms with Crippen molar-refractivity contribution in [1.82, 2.24) is 0 Å². The van der Waals surface area contributed by atoms with Gasteiger partial charge in [0.1, 0.15) is 0 Å². The predicted molar refractivity (Wildman–Crippen MR) is 79.3 cm³/mol. The fourth-order valence-electron chi connectivity index (χ4n) is 1.88. The molecule has 0 saturated carbocycles. The Kier molecular flexibility index (Phi) is 4.22. The summed E-state index contributed by atoms with van der Waals surface area (Å²) in [5.41, 5.74) is 2.55. The smallest absolute Gasteiger partial charge is 0.330 e. The molecule has 3 nitrogen and oxygen atoms in total. The first-order valence-corrected chi connectivity index (χ1v) is 6.67. The topological polar surface area (TPSA) is 49.3 Å². The first-order chi connectivity index (χ1) is 9.06. The van der Waals surface area contributed by atoms with Gasteiger partial charge in [0.15, 0.2) is 6.04 Å². The molecule has 0 fully saturated rings. The van der Waals surface area contributed by atoms with Gasteiger partial charge in [-0.15, -0.1) is 0 Å². The van der Waals surface area contributed by atoms with Crippen molar-refractivity contribution in [2.24, 2.45) is 0 Å². The van der Waals surface area contributed by atoms with Gasteiger partial charge in [-0.05, 0) is 30.7 Å². The van der Waals surface area contributed by atoms with E-state index in [9.17, 15) is 9.90 Å². The molecular weight excluding hydrogens is 306 g/mol. The highest BCUT2D eigenvalue weighted by molar-refractivity contribution is 9.10. The molecule has 2 rings (SSSR count). The second-order valence-electron chi connectivity index (χ2n) is 4.34. The molecule has 2 aromatic rings. The number of carboxylic acids is 1. The number of aryl methyl sites for hydroxylation is 1. The molecular formula is C15H14BrNO2. The van der Waals surface area contributed by atoms with Crippen molar-refractivity contribution in [3.8, 4) is 0 Å². The van der Waals surface area contributed by atoms with Crippen LogP contribution in [0, 0.1) is 6.92 Å². The summed E-state index contributed by atoms with van der Waals surface area (Å²) < 4.78 is 0.908. The normalized spacial score (nSPS) is 11.9. The monoisotopic (exact) mass is 319 g/mol. The Morgan fingerprint density at radius 2 is 1.95 bits per heavy atom. The minimum absolute atomic E-state index is 0.743. The number of hydrogen-bond acceptors (Lipinski definition) is 2.